The Morgan fingerprint density at radius 3 is 3.00 bits per heavy atom. The van der Waals surface area contributed by atoms with Crippen LogP contribution in [0, 0.1) is 5.92 Å². The molecule has 0 N–H and O–H groups in total. The van der Waals surface area contributed by atoms with Gasteiger partial charge in [0.2, 0.25) is 5.91 Å². The molecular formula is C19H22N2O4S. The van der Waals surface area contributed by atoms with Crippen LogP contribution in [0.3, 0.4) is 0 Å². The second-order valence-electron chi connectivity index (χ2n) is 6.98. The predicted octanol–water partition coefficient (Wildman–Crippen LogP) is 3.24. The Morgan fingerprint density at radius 2 is 2.31 bits per heavy atom. The van der Waals surface area contributed by atoms with E-state index < -0.39 is 5.41 Å². The van der Waals surface area contributed by atoms with E-state index in [1.165, 1.54) is 0 Å². The molecule has 6 nitrogen and oxygen atoms in total. The van der Waals surface area contributed by atoms with Gasteiger partial charge in [-0.05, 0) is 44.1 Å². The molecule has 1 aliphatic carbocycles. The summed E-state index contributed by atoms with van der Waals surface area (Å²) >= 11 is 1.58. The number of thiophene rings is 1. The molecule has 138 valence electrons. The van der Waals surface area contributed by atoms with Crippen molar-refractivity contribution in [3.8, 4) is 10.6 Å². The molecule has 0 radical (unpaired) electrons. The van der Waals surface area contributed by atoms with E-state index in [1.807, 2.05) is 28.5 Å². The first kappa shape index (κ1) is 17.3. The van der Waals surface area contributed by atoms with Gasteiger partial charge >= 0.3 is 5.97 Å². The quantitative estimate of drug-likeness (QED) is 0.751. The van der Waals surface area contributed by atoms with E-state index in [1.54, 1.807) is 18.3 Å². The number of aromatic nitrogens is 1. The highest BCUT2D eigenvalue weighted by molar-refractivity contribution is 7.13. The molecule has 2 aromatic rings. The Kier molecular flexibility index (Phi) is 4.56. The zero-order valence-corrected chi connectivity index (χ0v) is 15.6. The first-order chi connectivity index (χ1) is 12.6. The van der Waals surface area contributed by atoms with Crippen molar-refractivity contribution in [1.29, 1.82) is 0 Å². The van der Waals surface area contributed by atoms with Gasteiger partial charge in [0, 0.05) is 19.2 Å². The molecule has 2 fully saturated rings. The second kappa shape index (κ2) is 6.87. The summed E-state index contributed by atoms with van der Waals surface area (Å²) in [5.41, 5.74) is 0.138. The van der Waals surface area contributed by atoms with E-state index in [-0.39, 0.29) is 17.8 Å². The summed E-state index contributed by atoms with van der Waals surface area (Å²) in [4.78, 5) is 28.1. The van der Waals surface area contributed by atoms with E-state index in [0.29, 0.717) is 31.2 Å². The molecule has 1 atom stereocenters. The predicted molar refractivity (Wildman–Crippen MR) is 96.7 cm³/mol. The van der Waals surface area contributed by atoms with Crippen LogP contribution >= 0.6 is 11.3 Å². The summed E-state index contributed by atoms with van der Waals surface area (Å²) in [5.74, 6) is 0.355. The molecule has 2 aliphatic rings. The Bertz CT molecular complexity index is 794. The van der Waals surface area contributed by atoms with E-state index in [4.69, 9.17) is 9.26 Å². The van der Waals surface area contributed by atoms with Crippen LogP contribution in [0.5, 0.6) is 0 Å². The van der Waals surface area contributed by atoms with Gasteiger partial charge in [-0.2, -0.15) is 0 Å². The third-order valence-corrected chi connectivity index (χ3v) is 6.14. The van der Waals surface area contributed by atoms with Gasteiger partial charge in [-0.25, -0.2) is 0 Å². The highest BCUT2D eigenvalue weighted by Crippen LogP contribution is 2.50. The molecule has 2 aromatic heterocycles. The normalized spacial score (nSPS) is 21.4. The number of carbonyl (C=O) groups excluding carboxylic acids is 2. The average molecular weight is 374 g/mol. The topological polar surface area (TPSA) is 72.6 Å². The van der Waals surface area contributed by atoms with Crippen molar-refractivity contribution in [3.05, 3.63) is 29.3 Å². The molecule has 1 saturated heterocycles. The zero-order chi connectivity index (χ0) is 18.1. The summed E-state index contributed by atoms with van der Waals surface area (Å²) in [6, 6.07) is 5.83. The third-order valence-electron chi connectivity index (χ3n) is 5.25. The lowest BCUT2D eigenvalue weighted by molar-refractivity contribution is -0.151. The summed E-state index contributed by atoms with van der Waals surface area (Å²) in [6.45, 7) is 3.30. The monoisotopic (exact) mass is 374 g/mol. The van der Waals surface area contributed by atoms with Crippen molar-refractivity contribution in [2.24, 2.45) is 5.92 Å². The van der Waals surface area contributed by atoms with Crippen LogP contribution in [0.25, 0.3) is 10.6 Å². The number of hydrogen-bond donors (Lipinski definition) is 0. The molecule has 1 saturated carbocycles. The minimum Gasteiger partial charge on any atom is -0.466 e. The molecule has 0 spiro atoms. The van der Waals surface area contributed by atoms with Gasteiger partial charge in [-0.3, -0.25) is 9.59 Å². The highest BCUT2D eigenvalue weighted by Gasteiger charge is 2.56. The van der Waals surface area contributed by atoms with Crippen LogP contribution in [-0.2, 0) is 19.7 Å². The maximum Gasteiger partial charge on any atom is 0.310 e. The molecule has 1 amide bonds. The molecule has 4 rings (SSSR count). The maximum atomic E-state index is 13.2. The number of amides is 1. The maximum absolute atomic E-state index is 13.2. The van der Waals surface area contributed by atoms with E-state index in [0.717, 1.165) is 30.6 Å². The minimum atomic E-state index is -0.574. The first-order valence-corrected chi connectivity index (χ1v) is 9.99. The number of esters is 1. The van der Waals surface area contributed by atoms with Crippen LogP contribution < -0.4 is 0 Å². The zero-order valence-electron chi connectivity index (χ0n) is 14.8. The molecular weight excluding hydrogens is 352 g/mol. The summed E-state index contributed by atoms with van der Waals surface area (Å²) in [5, 5.41) is 6.18. The molecule has 26 heavy (non-hydrogen) atoms. The second-order valence-corrected chi connectivity index (χ2v) is 7.93. The average Bonchev–Trinajstić information content (AvgIpc) is 3.08. The van der Waals surface area contributed by atoms with Crippen LogP contribution in [0.15, 0.2) is 28.1 Å². The standard InChI is InChI=1S/C19H22N2O4S/c1-2-24-17(22)13-5-3-9-21(12-13)18(23)19(7-8-19)16-11-14(25-20-16)15-6-4-10-26-15/h4,6,10-11,13H,2-3,5,7-9,12H2,1H3. The van der Waals surface area contributed by atoms with Gasteiger partial charge in [0.05, 0.1) is 28.5 Å². The summed E-state index contributed by atoms with van der Waals surface area (Å²) < 4.78 is 10.6. The smallest absolute Gasteiger partial charge is 0.310 e. The van der Waals surface area contributed by atoms with E-state index in [9.17, 15) is 9.59 Å². The molecule has 0 aromatic carbocycles. The van der Waals surface area contributed by atoms with Gasteiger partial charge < -0.3 is 14.2 Å². The van der Waals surface area contributed by atoms with Gasteiger partial charge in [0.1, 0.15) is 0 Å². The van der Waals surface area contributed by atoms with Crippen LogP contribution in [0.1, 0.15) is 38.3 Å². The SMILES string of the molecule is CCOC(=O)C1CCCN(C(=O)C2(c3cc(-c4cccs4)on3)CC2)C1. The summed E-state index contributed by atoms with van der Waals surface area (Å²) in [6.07, 6.45) is 3.16. The van der Waals surface area contributed by atoms with Crippen molar-refractivity contribution in [3.63, 3.8) is 0 Å². The number of piperidine rings is 1. The number of ether oxygens (including phenoxy) is 1. The van der Waals surface area contributed by atoms with Crippen molar-refractivity contribution in [1.82, 2.24) is 10.1 Å². The number of hydrogen-bond acceptors (Lipinski definition) is 6. The minimum absolute atomic E-state index is 0.0672. The van der Waals surface area contributed by atoms with Crippen molar-refractivity contribution in [2.45, 2.75) is 38.0 Å². The number of likely N-dealkylation sites (tertiary alicyclic amines) is 1. The fourth-order valence-corrected chi connectivity index (χ4v) is 4.33. The van der Waals surface area contributed by atoms with Gasteiger partial charge in [-0.15, -0.1) is 11.3 Å². The van der Waals surface area contributed by atoms with Crippen LogP contribution in [-0.4, -0.2) is 41.6 Å². The Hall–Kier alpha value is -2.15. The van der Waals surface area contributed by atoms with Gasteiger partial charge in [-0.1, -0.05) is 11.2 Å². The molecule has 7 heteroatoms. The van der Waals surface area contributed by atoms with Crippen LogP contribution in [0.2, 0.25) is 0 Å². The third kappa shape index (κ3) is 3.05. The lowest BCUT2D eigenvalue weighted by atomic mass is 9.94. The summed E-state index contributed by atoms with van der Waals surface area (Å²) in [7, 11) is 0. The van der Waals surface area contributed by atoms with Crippen LogP contribution in [0.4, 0.5) is 0 Å². The largest absolute Gasteiger partial charge is 0.466 e. The van der Waals surface area contributed by atoms with E-state index >= 15 is 0 Å². The lowest BCUT2D eigenvalue weighted by Crippen LogP contribution is -2.47. The van der Waals surface area contributed by atoms with Crippen molar-refractivity contribution >= 4 is 23.2 Å². The Labute approximate surface area is 156 Å². The molecule has 1 unspecified atom stereocenters. The number of nitrogens with zero attached hydrogens (tertiary/aromatic N) is 2. The Balaban J connectivity index is 1.50. The Morgan fingerprint density at radius 1 is 1.46 bits per heavy atom. The van der Waals surface area contributed by atoms with Gasteiger partial charge in [0.25, 0.3) is 0 Å². The van der Waals surface area contributed by atoms with Crippen molar-refractivity contribution < 1.29 is 18.8 Å². The number of rotatable bonds is 5. The fraction of sp³-hybridized carbons (Fsp3) is 0.526. The lowest BCUT2D eigenvalue weighted by Gasteiger charge is -2.33. The van der Waals surface area contributed by atoms with E-state index in [2.05, 4.69) is 5.16 Å². The molecule has 3 heterocycles. The molecule has 1 aliphatic heterocycles. The fourth-order valence-electron chi connectivity index (χ4n) is 3.66. The highest BCUT2D eigenvalue weighted by atomic mass is 32.1. The first-order valence-electron chi connectivity index (χ1n) is 9.11. The molecule has 0 bridgehead atoms. The van der Waals surface area contributed by atoms with Crippen molar-refractivity contribution in [2.75, 3.05) is 19.7 Å². The number of carbonyl (C=O) groups is 2. The van der Waals surface area contributed by atoms with Gasteiger partial charge in [0.15, 0.2) is 5.76 Å².